The van der Waals surface area contributed by atoms with Crippen molar-refractivity contribution < 1.29 is 0 Å². The van der Waals surface area contributed by atoms with Crippen molar-refractivity contribution in [3.05, 3.63) is 16.6 Å². The van der Waals surface area contributed by atoms with E-state index in [2.05, 4.69) is 36.0 Å². The highest BCUT2D eigenvalue weighted by Gasteiger charge is 2.33. The van der Waals surface area contributed by atoms with Crippen molar-refractivity contribution in [1.29, 1.82) is 0 Å². The van der Waals surface area contributed by atoms with Crippen LogP contribution in [0.5, 0.6) is 0 Å². The Balaban J connectivity index is 2.10. The molecule has 1 aromatic heterocycles. The SMILES string of the molecule is CC1C(N)CCN(C(C)c2nccs2)C1C. The highest BCUT2D eigenvalue weighted by Crippen LogP contribution is 2.31. The van der Waals surface area contributed by atoms with Crippen molar-refractivity contribution in [3.8, 4) is 0 Å². The second-order valence-corrected chi connectivity index (χ2v) is 5.76. The summed E-state index contributed by atoms with van der Waals surface area (Å²) in [6, 6.07) is 1.32. The van der Waals surface area contributed by atoms with Crippen molar-refractivity contribution in [2.45, 2.75) is 45.3 Å². The number of aromatic nitrogens is 1. The standard InChI is InChI=1S/C12H21N3S/c1-8-9(2)15(6-4-11(8)13)10(3)12-14-5-7-16-12/h5,7-11H,4,6,13H2,1-3H3. The molecule has 0 saturated carbocycles. The first-order valence-electron chi connectivity index (χ1n) is 6.02. The van der Waals surface area contributed by atoms with Gasteiger partial charge in [-0.15, -0.1) is 11.3 Å². The van der Waals surface area contributed by atoms with Crippen LogP contribution < -0.4 is 5.73 Å². The highest BCUT2D eigenvalue weighted by atomic mass is 32.1. The van der Waals surface area contributed by atoms with Gasteiger partial charge in [0.15, 0.2) is 0 Å². The zero-order chi connectivity index (χ0) is 11.7. The third kappa shape index (κ3) is 2.14. The maximum absolute atomic E-state index is 6.11. The van der Waals surface area contributed by atoms with E-state index in [1.165, 1.54) is 5.01 Å². The fourth-order valence-electron chi connectivity index (χ4n) is 2.55. The van der Waals surface area contributed by atoms with Gasteiger partial charge >= 0.3 is 0 Å². The Bertz CT molecular complexity index is 325. The molecular weight excluding hydrogens is 218 g/mol. The third-order valence-electron chi connectivity index (χ3n) is 3.99. The van der Waals surface area contributed by atoms with Gasteiger partial charge in [0.25, 0.3) is 0 Å². The molecule has 90 valence electrons. The number of nitrogens with two attached hydrogens (primary N) is 1. The van der Waals surface area contributed by atoms with Gasteiger partial charge in [0.05, 0.1) is 6.04 Å². The van der Waals surface area contributed by atoms with Gasteiger partial charge in [-0.2, -0.15) is 0 Å². The summed E-state index contributed by atoms with van der Waals surface area (Å²) >= 11 is 1.74. The van der Waals surface area contributed by atoms with Crippen LogP contribution in [-0.4, -0.2) is 28.5 Å². The Labute approximate surface area is 102 Å². The van der Waals surface area contributed by atoms with E-state index in [1.54, 1.807) is 11.3 Å². The Hall–Kier alpha value is -0.450. The first-order valence-corrected chi connectivity index (χ1v) is 6.90. The van der Waals surface area contributed by atoms with Gasteiger partial charge in [-0.25, -0.2) is 4.98 Å². The lowest BCUT2D eigenvalue weighted by Crippen LogP contribution is -2.52. The summed E-state index contributed by atoms with van der Waals surface area (Å²) in [5.74, 6) is 0.566. The minimum absolute atomic E-state index is 0.356. The topological polar surface area (TPSA) is 42.1 Å². The Kier molecular flexibility index (Phi) is 3.62. The maximum atomic E-state index is 6.11. The monoisotopic (exact) mass is 239 g/mol. The molecule has 4 unspecified atom stereocenters. The summed E-state index contributed by atoms with van der Waals surface area (Å²) in [6.45, 7) is 7.89. The van der Waals surface area contributed by atoms with Crippen LogP contribution in [0.4, 0.5) is 0 Å². The molecule has 1 aliphatic rings. The predicted molar refractivity (Wildman–Crippen MR) is 68.5 cm³/mol. The van der Waals surface area contributed by atoms with Gasteiger partial charge in [0.1, 0.15) is 5.01 Å². The van der Waals surface area contributed by atoms with E-state index in [1.807, 2.05) is 6.20 Å². The molecule has 1 aliphatic heterocycles. The second kappa shape index (κ2) is 4.82. The van der Waals surface area contributed by atoms with Crippen LogP contribution >= 0.6 is 11.3 Å². The van der Waals surface area contributed by atoms with E-state index >= 15 is 0 Å². The van der Waals surface area contributed by atoms with Crippen LogP contribution in [0, 0.1) is 5.92 Å². The summed E-state index contributed by atoms with van der Waals surface area (Å²) in [6.07, 6.45) is 2.99. The molecule has 0 radical (unpaired) electrons. The molecule has 1 aromatic rings. The Morgan fingerprint density at radius 2 is 2.31 bits per heavy atom. The van der Waals surface area contributed by atoms with Crippen molar-refractivity contribution in [2.24, 2.45) is 11.7 Å². The summed E-state index contributed by atoms with van der Waals surface area (Å²) < 4.78 is 0. The molecule has 3 nitrogen and oxygen atoms in total. The first kappa shape index (κ1) is 12.0. The van der Waals surface area contributed by atoms with E-state index in [4.69, 9.17) is 5.73 Å². The minimum Gasteiger partial charge on any atom is -0.327 e. The van der Waals surface area contributed by atoms with E-state index in [-0.39, 0.29) is 0 Å². The van der Waals surface area contributed by atoms with Crippen molar-refractivity contribution in [1.82, 2.24) is 9.88 Å². The van der Waals surface area contributed by atoms with Crippen LogP contribution in [-0.2, 0) is 0 Å². The first-order chi connectivity index (χ1) is 7.61. The fourth-order valence-corrected chi connectivity index (χ4v) is 3.27. The molecule has 1 fully saturated rings. The number of hydrogen-bond donors (Lipinski definition) is 1. The zero-order valence-electron chi connectivity index (χ0n) is 10.3. The summed E-state index contributed by atoms with van der Waals surface area (Å²) in [4.78, 5) is 6.95. The van der Waals surface area contributed by atoms with Crippen molar-refractivity contribution in [3.63, 3.8) is 0 Å². The molecule has 4 atom stereocenters. The molecule has 0 aromatic carbocycles. The lowest BCUT2D eigenvalue weighted by Gasteiger charge is -2.43. The number of rotatable bonds is 2. The molecule has 0 aliphatic carbocycles. The van der Waals surface area contributed by atoms with Crippen LogP contribution in [0.2, 0.25) is 0 Å². The van der Waals surface area contributed by atoms with Gasteiger partial charge in [0.2, 0.25) is 0 Å². The molecule has 1 saturated heterocycles. The van der Waals surface area contributed by atoms with Crippen LogP contribution in [0.25, 0.3) is 0 Å². The van der Waals surface area contributed by atoms with Crippen LogP contribution in [0.3, 0.4) is 0 Å². The van der Waals surface area contributed by atoms with Crippen LogP contribution in [0.1, 0.15) is 38.2 Å². The van der Waals surface area contributed by atoms with E-state index < -0.39 is 0 Å². The normalized spacial score (nSPS) is 33.9. The number of likely N-dealkylation sites (tertiary alicyclic amines) is 1. The molecule has 2 heterocycles. The minimum atomic E-state index is 0.356. The van der Waals surface area contributed by atoms with Gasteiger partial charge in [0, 0.05) is 30.2 Å². The van der Waals surface area contributed by atoms with E-state index in [0.717, 1.165) is 13.0 Å². The maximum Gasteiger partial charge on any atom is 0.109 e. The molecule has 0 amide bonds. The third-order valence-corrected chi connectivity index (χ3v) is 4.93. The van der Waals surface area contributed by atoms with Crippen LogP contribution in [0.15, 0.2) is 11.6 Å². The number of hydrogen-bond acceptors (Lipinski definition) is 4. The number of piperidine rings is 1. The molecular formula is C12H21N3S. The average molecular weight is 239 g/mol. The molecule has 0 bridgehead atoms. The lowest BCUT2D eigenvalue weighted by atomic mass is 9.87. The lowest BCUT2D eigenvalue weighted by molar-refractivity contribution is 0.0625. The Morgan fingerprint density at radius 3 is 2.94 bits per heavy atom. The summed E-state index contributed by atoms with van der Waals surface area (Å²) in [5, 5.41) is 3.27. The van der Waals surface area contributed by atoms with Gasteiger partial charge in [-0.05, 0) is 26.2 Å². The number of thiazole rings is 1. The molecule has 2 N–H and O–H groups in total. The molecule has 16 heavy (non-hydrogen) atoms. The van der Waals surface area contributed by atoms with Gasteiger partial charge in [-0.1, -0.05) is 6.92 Å². The van der Waals surface area contributed by atoms with E-state index in [9.17, 15) is 0 Å². The quantitative estimate of drug-likeness (QED) is 0.861. The fraction of sp³-hybridized carbons (Fsp3) is 0.750. The van der Waals surface area contributed by atoms with Gasteiger partial charge in [-0.3, -0.25) is 4.90 Å². The zero-order valence-corrected chi connectivity index (χ0v) is 11.1. The second-order valence-electron chi connectivity index (χ2n) is 4.84. The molecule has 0 spiro atoms. The largest absolute Gasteiger partial charge is 0.327 e. The smallest absolute Gasteiger partial charge is 0.109 e. The predicted octanol–water partition coefficient (Wildman–Crippen LogP) is 2.26. The Morgan fingerprint density at radius 1 is 1.56 bits per heavy atom. The molecule has 4 heteroatoms. The van der Waals surface area contributed by atoms with Crippen molar-refractivity contribution >= 4 is 11.3 Å². The van der Waals surface area contributed by atoms with E-state index in [0.29, 0.717) is 24.0 Å². The molecule has 2 rings (SSSR count). The van der Waals surface area contributed by atoms with Gasteiger partial charge < -0.3 is 5.73 Å². The summed E-state index contributed by atoms with van der Waals surface area (Å²) in [7, 11) is 0. The van der Waals surface area contributed by atoms with Crippen molar-refractivity contribution in [2.75, 3.05) is 6.54 Å². The summed E-state index contributed by atoms with van der Waals surface area (Å²) in [5.41, 5.74) is 6.11. The average Bonchev–Trinajstić information content (AvgIpc) is 2.79. The highest BCUT2D eigenvalue weighted by molar-refractivity contribution is 7.09. The number of nitrogens with zero attached hydrogens (tertiary/aromatic N) is 2.